The highest BCUT2D eigenvalue weighted by molar-refractivity contribution is 6.30. The van der Waals surface area contributed by atoms with Crippen molar-refractivity contribution in [2.45, 2.75) is 26.5 Å². The van der Waals surface area contributed by atoms with Crippen LogP contribution in [0.1, 0.15) is 24.4 Å². The molecule has 0 aliphatic heterocycles. The van der Waals surface area contributed by atoms with Crippen LogP contribution in [0.2, 0.25) is 5.02 Å². The third-order valence-corrected chi connectivity index (χ3v) is 5.00. The predicted molar refractivity (Wildman–Crippen MR) is 117 cm³/mol. The van der Waals surface area contributed by atoms with Crippen molar-refractivity contribution in [2.75, 3.05) is 6.61 Å². The summed E-state index contributed by atoms with van der Waals surface area (Å²) in [5.74, 6) is 2.52. The first-order valence-corrected chi connectivity index (χ1v) is 10.0. The molecule has 148 valence electrons. The molecule has 1 heterocycles. The van der Waals surface area contributed by atoms with Crippen LogP contribution in [-0.2, 0) is 6.54 Å². The minimum atomic E-state index is -0.195. The van der Waals surface area contributed by atoms with Gasteiger partial charge in [0.2, 0.25) is 0 Å². The first kappa shape index (κ1) is 19.3. The molecule has 1 atom stereocenters. The van der Waals surface area contributed by atoms with E-state index in [1.807, 2.05) is 67.6 Å². The molecular formula is C24H23ClN2O2. The highest BCUT2D eigenvalue weighted by atomic mass is 35.5. The third-order valence-electron chi connectivity index (χ3n) is 4.75. The van der Waals surface area contributed by atoms with Gasteiger partial charge in [0.05, 0.1) is 17.6 Å². The molecule has 0 saturated carbocycles. The molecule has 0 bridgehead atoms. The maximum atomic E-state index is 6.19. The number of imidazole rings is 1. The normalized spacial score (nSPS) is 12.1. The Kier molecular flexibility index (Phi) is 5.72. The van der Waals surface area contributed by atoms with Crippen LogP contribution in [0, 0.1) is 6.92 Å². The number of hydrogen-bond acceptors (Lipinski definition) is 3. The molecule has 1 aromatic heterocycles. The van der Waals surface area contributed by atoms with E-state index in [9.17, 15) is 0 Å². The number of ether oxygens (including phenoxy) is 2. The van der Waals surface area contributed by atoms with Gasteiger partial charge in [-0.25, -0.2) is 4.98 Å². The van der Waals surface area contributed by atoms with Crippen LogP contribution >= 0.6 is 11.6 Å². The molecule has 0 aliphatic rings. The van der Waals surface area contributed by atoms with E-state index in [2.05, 4.69) is 23.6 Å². The quantitative estimate of drug-likeness (QED) is 0.365. The second-order valence-corrected chi connectivity index (χ2v) is 7.43. The number of aryl methyl sites for hydroxylation is 1. The molecule has 4 aromatic rings. The van der Waals surface area contributed by atoms with Crippen LogP contribution in [0.3, 0.4) is 0 Å². The van der Waals surface area contributed by atoms with Crippen molar-refractivity contribution < 1.29 is 9.47 Å². The lowest BCUT2D eigenvalue weighted by Gasteiger charge is -2.17. The molecule has 0 spiro atoms. The first-order valence-electron chi connectivity index (χ1n) is 9.67. The fourth-order valence-corrected chi connectivity index (χ4v) is 3.50. The fraction of sp³-hybridized carbons (Fsp3) is 0.208. The molecule has 3 aromatic carbocycles. The summed E-state index contributed by atoms with van der Waals surface area (Å²) in [4.78, 5) is 4.83. The fourth-order valence-electron chi connectivity index (χ4n) is 3.37. The molecule has 0 amide bonds. The van der Waals surface area contributed by atoms with Gasteiger partial charge >= 0.3 is 0 Å². The van der Waals surface area contributed by atoms with E-state index in [0.29, 0.717) is 18.2 Å². The van der Waals surface area contributed by atoms with Crippen LogP contribution in [0.5, 0.6) is 11.5 Å². The number of benzene rings is 3. The van der Waals surface area contributed by atoms with Gasteiger partial charge in [-0.1, -0.05) is 35.9 Å². The summed E-state index contributed by atoms with van der Waals surface area (Å²) in [6.45, 7) is 5.27. The number of fused-ring (bicyclic) bond motifs is 1. The van der Waals surface area contributed by atoms with Crippen molar-refractivity contribution in [3.63, 3.8) is 0 Å². The number of aromatic nitrogens is 2. The summed E-state index contributed by atoms with van der Waals surface area (Å²) in [6.07, 6.45) is -0.195. The van der Waals surface area contributed by atoms with Crippen molar-refractivity contribution >= 4 is 22.6 Å². The van der Waals surface area contributed by atoms with E-state index in [0.717, 1.165) is 28.4 Å². The van der Waals surface area contributed by atoms with E-state index in [-0.39, 0.29) is 6.10 Å². The lowest BCUT2D eigenvalue weighted by atomic mass is 10.2. The van der Waals surface area contributed by atoms with Crippen molar-refractivity contribution in [2.24, 2.45) is 0 Å². The standard InChI is InChI=1S/C24H23ClN2O2/c1-17-6-5-7-21(16-17)29-18(2)24-26-22-8-3-4-9-23(22)27(24)14-15-28-20-12-10-19(25)11-13-20/h3-13,16,18H,14-15H2,1-2H3. The molecule has 0 N–H and O–H groups in total. The number of halogens is 1. The molecule has 29 heavy (non-hydrogen) atoms. The lowest BCUT2D eigenvalue weighted by molar-refractivity contribution is 0.207. The zero-order chi connectivity index (χ0) is 20.2. The summed E-state index contributed by atoms with van der Waals surface area (Å²) < 4.78 is 14.3. The van der Waals surface area contributed by atoms with Gasteiger partial charge < -0.3 is 14.0 Å². The molecule has 0 radical (unpaired) electrons. The van der Waals surface area contributed by atoms with Gasteiger partial charge in [0.25, 0.3) is 0 Å². The third kappa shape index (κ3) is 4.54. The van der Waals surface area contributed by atoms with E-state index in [1.165, 1.54) is 5.56 Å². The number of hydrogen-bond donors (Lipinski definition) is 0. The van der Waals surface area contributed by atoms with Crippen LogP contribution in [-0.4, -0.2) is 16.2 Å². The van der Waals surface area contributed by atoms with Gasteiger partial charge in [0.1, 0.15) is 18.1 Å². The van der Waals surface area contributed by atoms with Crippen molar-refractivity contribution in [1.29, 1.82) is 0 Å². The highest BCUT2D eigenvalue weighted by Gasteiger charge is 2.18. The van der Waals surface area contributed by atoms with E-state index in [1.54, 1.807) is 0 Å². The number of nitrogens with zero attached hydrogens (tertiary/aromatic N) is 2. The summed E-state index contributed by atoms with van der Waals surface area (Å²) >= 11 is 5.94. The topological polar surface area (TPSA) is 36.3 Å². The van der Waals surface area contributed by atoms with E-state index in [4.69, 9.17) is 26.1 Å². The Morgan fingerprint density at radius 3 is 2.55 bits per heavy atom. The SMILES string of the molecule is Cc1cccc(OC(C)c2nc3ccccc3n2CCOc2ccc(Cl)cc2)c1. The van der Waals surface area contributed by atoms with Crippen LogP contribution < -0.4 is 9.47 Å². The molecule has 4 nitrogen and oxygen atoms in total. The maximum absolute atomic E-state index is 6.19. The van der Waals surface area contributed by atoms with Gasteiger partial charge in [-0.2, -0.15) is 0 Å². The second kappa shape index (κ2) is 8.58. The summed E-state index contributed by atoms with van der Waals surface area (Å²) in [5.41, 5.74) is 3.19. The minimum absolute atomic E-state index is 0.195. The Hall–Kier alpha value is -2.98. The maximum Gasteiger partial charge on any atom is 0.153 e. The number of para-hydroxylation sites is 2. The van der Waals surface area contributed by atoms with Gasteiger partial charge in [0.15, 0.2) is 11.9 Å². The molecule has 0 fully saturated rings. The monoisotopic (exact) mass is 406 g/mol. The molecular weight excluding hydrogens is 384 g/mol. The van der Waals surface area contributed by atoms with E-state index < -0.39 is 0 Å². The molecule has 5 heteroatoms. The summed E-state index contributed by atoms with van der Waals surface area (Å²) in [5, 5.41) is 0.697. The van der Waals surface area contributed by atoms with E-state index >= 15 is 0 Å². The molecule has 0 aliphatic carbocycles. The summed E-state index contributed by atoms with van der Waals surface area (Å²) in [6, 6.07) is 23.6. The zero-order valence-electron chi connectivity index (χ0n) is 16.5. The zero-order valence-corrected chi connectivity index (χ0v) is 17.3. The largest absolute Gasteiger partial charge is 0.492 e. The van der Waals surface area contributed by atoms with Crippen LogP contribution in [0.4, 0.5) is 0 Å². The van der Waals surface area contributed by atoms with Gasteiger partial charge in [0, 0.05) is 5.02 Å². The molecule has 4 rings (SSSR count). The smallest absolute Gasteiger partial charge is 0.153 e. The number of rotatable bonds is 7. The Morgan fingerprint density at radius 1 is 0.966 bits per heavy atom. The Labute approximate surface area is 175 Å². The molecule has 1 unspecified atom stereocenters. The van der Waals surface area contributed by atoms with Crippen molar-refractivity contribution in [1.82, 2.24) is 9.55 Å². The Balaban J connectivity index is 1.55. The van der Waals surface area contributed by atoms with Gasteiger partial charge in [-0.3, -0.25) is 0 Å². The minimum Gasteiger partial charge on any atom is -0.492 e. The Bertz CT molecular complexity index is 1110. The Morgan fingerprint density at radius 2 is 1.76 bits per heavy atom. The van der Waals surface area contributed by atoms with Crippen molar-refractivity contribution in [3.05, 3.63) is 89.2 Å². The lowest BCUT2D eigenvalue weighted by Crippen LogP contribution is -2.15. The second-order valence-electron chi connectivity index (χ2n) is 6.99. The van der Waals surface area contributed by atoms with Crippen LogP contribution in [0.15, 0.2) is 72.8 Å². The highest BCUT2D eigenvalue weighted by Crippen LogP contribution is 2.26. The van der Waals surface area contributed by atoms with Crippen molar-refractivity contribution in [3.8, 4) is 11.5 Å². The average molecular weight is 407 g/mol. The van der Waals surface area contributed by atoms with Gasteiger partial charge in [-0.15, -0.1) is 0 Å². The average Bonchev–Trinajstić information content (AvgIpc) is 3.08. The van der Waals surface area contributed by atoms with Crippen LogP contribution in [0.25, 0.3) is 11.0 Å². The molecule has 0 saturated heterocycles. The first-order chi connectivity index (χ1) is 14.1. The van der Waals surface area contributed by atoms with Gasteiger partial charge in [-0.05, 0) is 67.9 Å². The summed E-state index contributed by atoms with van der Waals surface area (Å²) in [7, 11) is 0. The predicted octanol–water partition coefficient (Wildman–Crippen LogP) is 6.22.